The summed E-state index contributed by atoms with van der Waals surface area (Å²) in [6.45, 7) is 0. The van der Waals surface area contributed by atoms with Crippen LogP contribution in [0.3, 0.4) is 0 Å². The largest absolute Gasteiger partial charge is 0.480 e. The maximum absolute atomic E-state index is 12.1. The van der Waals surface area contributed by atoms with Gasteiger partial charge in [-0.15, -0.1) is 23.5 Å². The van der Waals surface area contributed by atoms with E-state index in [0.717, 1.165) is 0 Å². The number of thioether (sulfide) groups is 2. The van der Waals surface area contributed by atoms with Gasteiger partial charge < -0.3 is 10.4 Å². The number of carbonyl (C=O) groups is 2. The molecule has 1 aromatic rings. The van der Waals surface area contributed by atoms with E-state index in [1.54, 1.807) is 12.1 Å². The van der Waals surface area contributed by atoms with E-state index >= 15 is 0 Å². The van der Waals surface area contributed by atoms with Gasteiger partial charge in [-0.3, -0.25) is 4.79 Å². The minimum Gasteiger partial charge on any atom is -0.480 e. The van der Waals surface area contributed by atoms with Crippen LogP contribution in [-0.4, -0.2) is 34.0 Å². The van der Waals surface area contributed by atoms with Gasteiger partial charge in [0.2, 0.25) is 0 Å². The molecule has 1 aliphatic heterocycles. The number of carboxylic acid groups (broad SMARTS) is 1. The molecule has 0 unspecified atom stereocenters. The quantitative estimate of drug-likeness (QED) is 0.894. The molecular weight excluding hydrogens is 294 g/mol. The molecule has 0 spiro atoms. The van der Waals surface area contributed by atoms with Crippen LogP contribution in [0.2, 0.25) is 0 Å². The summed E-state index contributed by atoms with van der Waals surface area (Å²) in [5.41, 5.74) is 0.718. The van der Waals surface area contributed by atoms with Crippen LogP contribution in [0.15, 0.2) is 24.3 Å². The Morgan fingerprint density at radius 1 is 1.15 bits per heavy atom. The first-order valence-electron chi connectivity index (χ1n) is 6.50. The second kappa shape index (κ2) is 5.33. The summed E-state index contributed by atoms with van der Waals surface area (Å²) in [7, 11) is 0. The van der Waals surface area contributed by atoms with Gasteiger partial charge in [0.1, 0.15) is 5.54 Å². The van der Waals surface area contributed by atoms with Gasteiger partial charge in [-0.25, -0.2) is 4.79 Å². The number of nitrogens with one attached hydrogen (secondary N) is 1. The van der Waals surface area contributed by atoms with Crippen LogP contribution in [-0.2, 0) is 4.79 Å². The number of hydrogen-bond acceptors (Lipinski definition) is 4. The first-order valence-corrected chi connectivity index (χ1v) is 8.60. The van der Waals surface area contributed by atoms with E-state index in [2.05, 4.69) is 5.32 Å². The Morgan fingerprint density at radius 3 is 2.25 bits per heavy atom. The van der Waals surface area contributed by atoms with E-state index in [0.29, 0.717) is 23.0 Å². The fraction of sp³-hybridized carbons (Fsp3) is 0.429. The van der Waals surface area contributed by atoms with Crippen LogP contribution in [0, 0.1) is 0 Å². The molecule has 0 atom stereocenters. The molecule has 3 rings (SSSR count). The van der Waals surface area contributed by atoms with E-state index in [4.69, 9.17) is 5.11 Å². The van der Waals surface area contributed by atoms with Gasteiger partial charge in [0.15, 0.2) is 0 Å². The van der Waals surface area contributed by atoms with Crippen molar-refractivity contribution in [2.24, 2.45) is 0 Å². The standard InChI is InChI=1S/C14H15NO3S2/c16-11(15-14(5-6-14)13(17)18)9-1-3-10(4-2-9)12-19-7-8-20-12/h1-4,12H,5-8H2,(H,15,16)(H,17,18). The highest BCUT2D eigenvalue weighted by molar-refractivity contribution is 8.19. The van der Waals surface area contributed by atoms with Gasteiger partial charge in [-0.1, -0.05) is 12.1 Å². The van der Waals surface area contributed by atoms with E-state index in [-0.39, 0.29) is 5.91 Å². The van der Waals surface area contributed by atoms with E-state index in [1.165, 1.54) is 17.1 Å². The zero-order valence-electron chi connectivity index (χ0n) is 10.8. The predicted octanol–water partition coefficient (Wildman–Crippen LogP) is 2.51. The number of aliphatic carboxylic acids is 1. The summed E-state index contributed by atoms with van der Waals surface area (Å²) in [6, 6.07) is 7.49. The maximum Gasteiger partial charge on any atom is 0.329 e. The molecule has 2 aliphatic rings. The van der Waals surface area contributed by atoms with Crippen LogP contribution in [0.1, 0.15) is 33.3 Å². The molecule has 6 heteroatoms. The summed E-state index contributed by atoms with van der Waals surface area (Å²) < 4.78 is 0.459. The van der Waals surface area contributed by atoms with Crippen molar-refractivity contribution < 1.29 is 14.7 Å². The van der Waals surface area contributed by atoms with Crippen molar-refractivity contribution in [3.05, 3.63) is 35.4 Å². The molecule has 1 amide bonds. The minimum absolute atomic E-state index is 0.303. The topological polar surface area (TPSA) is 66.4 Å². The number of carboxylic acids is 1. The van der Waals surface area contributed by atoms with E-state index < -0.39 is 11.5 Å². The number of amides is 1. The highest BCUT2D eigenvalue weighted by atomic mass is 32.2. The molecule has 1 saturated carbocycles. The van der Waals surface area contributed by atoms with Crippen LogP contribution >= 0.6 is 23.5 Å². The highest BCUT2D eigenvalue weighted by Gasteiger charge is 2.51. The molecular formula is C14H15NO3S2. The van der Waals surface area contributed by atoms with Gasteiger partial charge in [0.05, 0.1) is 4.58 Å². The maximum atomic E-state index is 12.1. The lowest BCUT2D eigenvalue weighted by molar-refractivity contribution is -0.140. The second-order valence-electron chi connectivity index (χ2n) is 5.04. The normalized spacial score (nSPS) is 20.6. The molecule has 1 saturated heterocycles. The van der Waals surface area contributed by atoms with Crippen LogP contribution in [0.25, 0.3) is 0 Å². The predicted molar refractivity (Wildman–Crippen MR) is 81.2 cm³/mol. The molecule has 4 nitrogen and oxygen atoms in total. The van der Waals surface area contributed by atoms with Crippen molar-refractivity contribution in [1.82, 2.24) is 5.32 Å². The van der Waals surface area contributed by atoms with Crippen molar-refractivity contribution in [2.45, 2.75) is 23.0 Å². The third kappa shape index (κ3) is 2.67. The number of benzene rings is 1. The van der Waals surface area contributed by atoms with Crippen molar-refractivity contribution >= 4 is 35.4 Å². The van der Waals surface area contributed by atoms with Crippen LogP contribution in [0.4, 0.5) is 0 Å². The van der Waals surface area contributed by atoms with Crippen molar-refractivity contribution in [3.8, 4) is 0 Å². The monoisotopic (exact) mass is 309 g/mol. The number of rotatable bonds is 4. The first kappa shape index (κ1) is 13.8. The summed E-state index contributed by atoms with van der Waals surface area (Å²) in [5.74, 6) is 1.08. The summed E-state index contributed by atoms with van der Waals surface area (Å²) >= 11 is 3.84. The van der Waals surface area contributed by atoms with Gasteiger partial charge >= 0.3 is 5.97 Å². The number of carbonyl (C=O) groups excluding carboxylic acids is 1. The minimum atomic E-state index is -1.02. The number of hydrogen-bond donors (Lipinski definition) is 2. The first-order chi connectivity index (χ1) is 9.61. The Kier molecular flexibility index (Phi) is 3.69. The van der Waals surface area contributed by atoms with Crippen molar-refractivity contribution in [2.75, 3.05) is 11.5 Å². The molecule has 2 N–H and O–H groups in total. The molecule has 1 aliphatic carbocycles. The van der Waals surface area contributed by atoms with Crippen molar-refractivity contribution in [1.29, 1.82) is 0 Å². The summed E-state index contributed by atoms with van der Waals surface area (Å²) in [6.07, 6.45) is 1.03. The fourth-order valence-corrected chi connectivity index (χ4v) is 5.01. The van der Waals surface area contributed by atoms with Gasteiger partial charge in [-0.05, 0) is 30.5 Å². The molecule has 106 valence electrons. The third-order valence-electron chi connectivity index (χ3n) is 3.58. The average Bonchev–Trinajstić information content (AvgIpc) is 3.03. The molecule has 1 heterocycles. The third-order valence-corrected chi connectivity index (χ3v) is 6.68. The van der Waals surface area contributed by atoms with Crippen LogP contribution in [0.5, 0.6) is 0 Å². The van der Waals surface area contributed by atoms with E-state index in [1.807, 2.05) is 35.7 Å². The van der Waals surface area contributed by atoms with Gasteiger partial charge in [0, 0.05) is 17.1 Å². The molecule has 0 bridgehead atoms. The van der Waals surface area contributed by atoms with Gasteiger partial charge in [-0.2, -0.15) is 0 Å². The van der Waals surface area contributed by atoms with Crippen molar-refractivity contribution in [3.63, 3.8) is 0 Å². The Bertz CT molecular complexity index is 534. The Morgan fingerprint density at radius 2 is 1.75 bits per heavy atom. The average molecular weight is 309 g/mol. The second-order valence-corrected chi connectivity index (χ2v) is 7.76. The Balaban J connectivity index is 1.68. The highest BCUT2D eigenvalue weighted by Crippen LogP contribution is 2.45. The van der Waals surface area contributed by atoms with E-state index in [9.17, 15) is 9.59 Å². The zero-order valence-corrected chi connectivity index (χ0v) is 12.4. The molecule has 0 radical (unpaired) electrons. The lowest BCUT2D eigenvalue weighted by Crippen LogP contribution is -2.43. The summed E-state index contributed by atoms with van der Waals surface area (Å²) in [4.78, 5) is 23.1. The van der Waals surface area contributed by atoms with Crippen LogP contribution < -0.4 is 5.32 Å². The summed E-state index contributed by atoms with van der Waals surface area (Å²) in [5, 5.41) is 11.7. The molecule has 0 aromatic heterocycles. The smallest absolute Gasteiger partial charge is 0.329 e. The van der Waals surface area contributed by atoms with Gasteiger partial charge in [0.25, 0.3) is 5.91 Å². The molecule has 1 aromatic carbocycles. The lowest BCUT2D eigenvalue weighted by atomic mass is 10.1. The zero-order chi connectivity index (χ0) is 14.2. The lowest BCUT2D eigenvalue weighted by Gasteiger charge is -2.13. The fourth-order valence-electron chi connectivity index (χ4n) is 2.15. The Hall–Kier alpha value is -1.14. The Labute approximate surface area is 125 Å². The molecule has 20 heavy (non-hydrogen) atoms. The SMILES string of the molecule is O=C(NC1(C(=O)O)CC1)c1ccc(C2SCCS2)cc1. The molecule has 2 fully saturated rings.